The lowest BCUT2D eigenvalue weighted by Crippen LogP contribution is -2.41. The molecule has 2 aromatic rings. The third-order valence-electron chi connectivity index (χ3n) is 4.20. The van der Waals surface area contributed by atoms with Crippen molar-refractivity contribution in [1.29, 1.82) is 0 Å². The van der Waals surface area contributed by atoms with Gasteiger partial charge in [-0.2, -0.15) is 0 Å². The molecule has 0 saturated heterocycles. The van der Waals surface area contributed by atoms with Crippen LogP contribution >= 0.6 is 0 Å². The summed E-state index contributed by atoms with van der Waals surface area (Å²) in [6.45, 7) is 4.55. The van der Waals surface area contributed by atoms with Crippen LogP contribution in [0.3, 0.4) is 0 Å². The van der Waals surface area contributed by atoms with Gasteiger partial charge >= 0.3 is 0 Å². The van der Waals surface area contributed by atoms with Crippen LogP contribution < -0.4 is 14.8 Å². The summed E-state index contributed by atoms with van der Waals surface area (Å²) < 4.78 is 23.2. The lowest BCUT2D eigenvalue weighted by Gasteiger charge is -2.22. The fourth-order valence-electron chi connectivity index (χ4n) is 2.63. The molecule has 0 bridgehead atoms. The number of nitrogens with zero attached hydrogens (tertiary/aromatic N) is 2. The zero-order valence-electron chi connectivity index (χ0n) is 17.5. The molecule has 0 aliphatic rings. The van der Waals surface area contributed by atoms with Crippen LogP contribution in [-0.4, -0.2) is 61.2 Å². The van der Waals surface area contributed by atoms with Crippen molar-refractivity contribution in [2.45, 2.75) is 12.7 Å². The summed E-state index contributed by atoms with van der Waals surface area (Å²) in [4.78, 5) is 6.63. The van der Waals surface area contributed by atoms with Gasteiger partial charge in [0.1, 0.15) is 18.1 Å². The molecule has 7 heteroatoms. The van der Waals surface area contributed by atoms with E-state index < -0.39 is 10.8 Å². The molecule has 0 spiro atoms. The molecule has 0 aliphatic carbocycles. The topological polar surface area (TPSA) is 63.2 Å². The second kappa shape index (κ2) is 12.8. The maximum atomic E-state index is 12.3. The summed E-state index contributed by atoms with van der Waals surface area (Å²) in [5, 5.41) is 3.27. The number of likely N-dealkylation sites (N-methyl/N-ethyl adjacent to an activating group) is 1. The standard InChI is InChI=1S/C22H31N3O3S/c1-4-23-22(24-14-17-29(26)18-19-8-6-5-7-9-19)25(2)15-16-28-21-12-10-20(27-3)11-13-21/h5-13H,4,14-18H2,1-3H3,(H,23,24). The molecule has 0 saturated carbocycles. The van der Waals surface area contributed by atoms with E-state index >= 15 is 0 Å². The van der Waals surface area contributed by atoms with Gasteiger partial charge in [-0.25, -0.2) is 0 Å². The Morgan fingerprint density at radius 2 is 1.79 bits per heavy atom. The molecule has 0 aliphatic heterocycles. The fourth-order valence-corrected chi connectivity index (χ4v) is 3.64. The zero-order chi connectivity index (χ0) is 20.9. The number of hydrogen-bond donors (Lipinski definition) is 1. The van der Waals surface area contributed by atoms with Crippen LogP contribution in [0.4, 0.5) is 0 Å². The minimum Gasteiger partial charge on any atom is -0.497 e. The largest absolute Gasteiger partial charge is 0.497 e. The van der Waals surface area contributed by atoms with Crippen molar-refractivity contribution in [3.05, 3.63) is 60.2 Å². The summed E-state index contributed by atoms with van der Waals surface area (Å²) in [5.74, 6) is 3.51. The van der Waals surface area contributed by atoms with Crippen molar-refractivity contribution in [3.63, 3.8) is 0 Å². The van der Waals surface area contributed by atoms with Crippen molar-refractivity contribution >= 4 is 16.8 Å². The van der Waals surface area contributed by atoms with Crippen molar-refractivity contribution in [2.75, 3.05) is 46.2 Å². The van der Waals surface area contributed by atoms with Crippen LogP contribution in [-0.2, 0) is 16.6 Å². The van der Waals surface area contributed by atoms with E-state index in [1.807, 2.05) is 73.5 Å². The molecule has 1 atom stereocenters. The van der Waals surface area contributed by atoms with Crippen LogP contribution in [0.15, 0.2) is 59.6 Å². The second-order valence-corrected chi connectivity index (χ2v) is 8.03. The smallest absolute Gasteiger partial charge is 0.193 e. The first kappa shape index (κ1) is 22.7. The highest BCUT2D eigenvalue weighted by Crippen LogP contribution is 2.16. The second-order valence-electron chi connectivity index (χ2n) is 6.46. The molecule has 0 radical (unpaired) electrons. The van der Waals surface area contributed by atoms with Gasteiger partial charge in [0, 0.05) is 35.9 Å². The number of aliphatic imine (C=N–C) groups is 1. The number of ether oxygens (including phenoxy) is 2. The Balaban J connectivity index is 1.77. The average molecular weight is 418 g/mol. The number of nitrogens with one attached hydrogen (secondary N) is 1. The Morgan fingerprint density at radius 3 is 2.45 bits per heavy atom. The molecule has 158 valence electrons. The van der Waals surface area contributed by atoms with Crippen molar-refractivity contribution in [1.82, 2.24) is 10.2 Å². The SMILES string of the molecule is CCNC(=NCCS(=O)Cc1ccccc1)N(C)CCOc1ccc(OC)cc1. The van der Waals surface area contributed by atoms with E-state index in [0.29, 0.717) is 31.2 Å². The highest BCUT2D eigenvalue weighted by molar-refractivity contribution is 7.84. The predicted molar refractivity (Wildman–Crippen MR) is 120 cm³/mol. The van der Waals surface area contributed by atoms with E-state index in [4.69, 9.17) is 9.47 Å². The zero-order valence-corrected chi connectivity index (χ0v) is 18.3. The first-order valence-corrected chi connectivity index (χ1v) is 11.3. The van der Waals surface area contributed by atoms with Crippen LogP contribution in [0.5, 0.6) is 11.5 Å². The first-order chi connectivity index (χ1) is 14.1. The molecule has 0 amide bonds. The molecule has 1 N–H and O–H groups in total. The molecule has 2 aromatic carbocycles. The molecule has 0 heterocycles. The quantitative estimate of drug-likeness (QED) is 0.450. The van der Waals surface area contributed by atoms with Gasteiger partial charge in [-0.1, -0.05) is 30.3 Å². The number of methoxy groups -OCH3 is 1. The fraction of sp³-hybridized carbons (Fsp3) is 0.409. The van der Waals surface area contributed by atoms with Gasteiger partial charge in [0.15, 0.2) is 5.96 Å². The lowest BCUT2D eigenvalue weighted by atomic mass is 10.2. The Morgan fingerprint density at radius 1 is 1.10 bits per heavy atom. The van der Waals surface area contributed by atoms with Gasteiger partial charge in [0.25, 0.3) is 0 Å². The van der Waals surface area contributed by atoms with Crippen LogP contribution in [0.2, 0.25) is 0 Å². The molecule has 2 rings (SSSR count). The van der Waals surface area contributed by atoms with Crippen LogP contribution in [0.1, 0.15) is 12.5 Å². The summed E-state index contributed by atoms with van der Waals surface area (Å²) in [6, 6.07) is 17.4. The summed E-state index contributed by atoms with van der Waals surface area (Å²) in [6.07, 6.45) is 0. The van der Waals surface area contributed by atoms with Crippen molar-refractivity contribution in [3.8, 4) is 11.5 Å². The van der Waals surface area contributed by atoms with Gasteiger partial charge in [0.05, 0.1) is 20.2 Å². The number of guanidine groups is 1. The molecule has 29 heavy (non-hydrogen) atoms. The highest BCUT2D eigenvalue weighted by Gasteiger charge is 2.07. The Hall–Kier alpha value is -2.54. The van der Waals surface area contributed by atoms with E-state index in [0.717, 1.165) is 29.6 Å². The minimum absolute atomic E-state index is 0.519. The molecule has 0 fully saturated rings. The number of rotatable bonds is 11. The van der Waals surface area contributed by atoms with E-state index in [9.17, 15) is 4.21 Å². The summed E-state index contributed by atoms with van der Waals surface area (Å²) >= 11 is 0. The third kappa shape index (κ3) is 8.56. The monoisotopic (exact) mass is 417 g/mol. The Kier molecular flexibility index (Phi) is 10.1. The molecular weight excluding hydrogens is 386 g/mol. The Bertz CT molecular complexity index is 767. The van der Waals surface area contributed by atoms with E-state index in [1.165, 1.54) is 0 Å². The average Bonchev–Trinajstić information content (AvgIpc) is 2.74. The van der Waals surface area contributed by atoms with Gasteiger partial charge in [0.2, 0.25) is 0 Å². The molecule has 1 unspecified atom stereocenters. The lowest BCUT2D eigenvalue weighted by molar-refractivity contribution is 0.281. The maximum Gasteiger partial charge on any atom is 0.193 e. The molecule has 0 aromatic heterocycles. The first-order valence-electron chi connectivity index (χ1n) is 9.77. The highest BCUT2D eigenvalue weighted by atomic mass is 32.2. The van der Waals surface area contributed by atoms with Crippen molar-refractivity contribution < 1.29 is 13.7 Å². The van der Waals surface area contributed by atoms with Gasteiger partial charge in [-0.3, -0.25) is 9.20 Å². The van der Waals surface area contributed by atoms with Crippen molar-refractivity contribution in [2.24, 2.45) is 4.99 Å². The van der Waals surface area contributed by atoms with E-state index in [-0.39, 0.29) is 0 Å². The maximum absolute atomic E-state index is 12.3. The van der Waals surface area contributed by atoms with Gasteiger partial charge in [-0.15, -0.1) is 0 Å². The summed E-state index contributed by atoms with van der Waals surface area (Å²) in [7, 11) is 2.69. The summed E-state index contributed by atoms with van der Waals surface area (Å²) in [5.41, 5.74) is 1.09. The van der Waals surface area contributed by atoms with E-state index in [2.05, 4.69) is 10.3 Å². The van der Waals surface area contributed by atoms with Gasteiger partial charge in [-0.05, 0) is 36.8 Å². The van der Waals surface area contributed by atoms with Crippen LogP contribution in [0, 0.1) is 0 Å². The molecular formula is C22H31N3O3S. The normalized spacial score (nSPS) is 12.3. The predicted octanol–water partition coefficient (Wildman–Crippen LogP) is 2.92. The molecule has 6 nitrogen and oxygen atoms in total. The Labute approximate surface area is 176 Å². The third-order valence-corrected chi connectivity index (χ3v) is 5.50. The number of hydrogen-bond acceptors (Lipinski definition) is 4. The van der Waals surface area contributed by atoms with Crippen LogP contribution in [0.25, 0.3) is 0 Å². The minimum atomic E-state index is -0.926. The number of benzene rings is 2. The van der Waals surface area contributed by atoms with E-state index in [1.54, 1.807) is 7.11 Å². The van der Waals surface area contributed by atoms with Gasteiger partial charge < -0.3 is 19.7 Å².